The van der Waals surface area contributed by atoms with E-state index >= 15 is 0 Å². The Labute approximate surface area is 114 Å². The fourth-order valence-electron chi connectivity index (χ4n) is 3.07. The minimum Gasteiger partial charge on any atom is -0.383 e. The molecular weight excluding hydrogens is 244 g/mol. The standard InChI is InChI=1S/C14H24N2O3/c1-19-9-12-11(7-8-13(17)16-12)14(18)15-10-5-3-2-4-6-10/h10-12H,2-9H2,1H3,(H,15,18)(H,16,17)/t11-,12-/m1/s1. The van der Waals surface area contributed by atoms with Crippen molar-refractivity contribution in [3.8, 4) is 0 Å². The quantitative estimate of drug-likeness (QED) is 0.798. The van der Waals surface area contributed by atoms with E-state index in [1.807, 2.05) is 0 Å². The molecule has 0 unspecified atom stereocenters. The van der Waals surface area contributed by atoms with E-state index in [4.69, 9.17) is 4.74 Å². The number of hydrogen-bond donors (Lipinski definition) is 2. The summed E-state index contributed by atoms with van der Waals surface area (Å²) in [5, 5.41) is 6.01. The third kappa shape index (κ3) is 3.93. The molecule has 0 bridgehead atoms. The van der Waals surface area contributed by atoms with Gasteiger partial charge in [0, 0.05) is 19.6 Å². The predicted octanol–water partition coefficient (Wildman–Crippen LogP) is 0.976. The molecule has 1 saturated heterocycles. The van der Waals surface area contributed by atoms with Gasteiger partial charge in [0.1, 0.15) is 0 Å². The molecule has 0 aromatic rings. The number of carbonyl (C=O) groups excluding carboxylic acids is 2. The topological polar surface area (TPSA) is 67.4 Å². The highest BCUT2D eigenvalue weighted by Gasteiger charge is 2.34. The molecular formula is C14H24N2O3. The van der Waals surface area contributed by atoms with E-state index in [0.29, 0.717) is 25.5 Å². The Hall–Kier alpha value is -1.10. The van der Waals surface area contributed by atoms with Crippen molar-refractivity contribution >= 4 is 11.8 Å². The van der Waals surface area contributed by atoms with Crippen LogP contribution in [0.5, 0.6) is 0 Å². The number of piperidine rings is 1. The molecule has 5 nitrogen and oxygen atoms in total. The van der Waals surface area contributed by atoms with Crippen molar-refractivity contribution in [1.29, 1.82) is 0 Å². The summed E-state index contributed by atoms with van der Waals surface area (Å²) in [6, 6.07) is 0.136. The molecule has 19 heavy (non-hydrogen) atoms. The number of nitrogens with one attached hydrogen (secondary N) is 2. The molecule has 1 aliphatic carbocycles. The number of ether oxygens (including phenoxy) is 1. The normalized spacial score (nSPS) is 28.8. The first-order valence-electron chi connectivity index (χ1n) is 7.29. The number of carbonyl (C=O) groups is 2. The molecule has 0 radical (unpaired) electrons. The summed E-state index contributed by atoms with van der Waals surface area (Å²) in [5.41, 5.74) is 0. The Morgan fingerprint density at radius 1 is 1.32 bits per heavy atom. The lowest BCUT2D eigenvalue weighted by atomic mass is 9.88. The molecule has 1 aliphatic heterocycles. The Bertz CT molecular complexity index is 327. The van der Waals surface area contributed by atoms with E-state index in [1.54, 1.807) is 7.11 Å². The van der Waals surface area contributed by atoms with Gasteiger partial charge in [-0.25, -0.2) is 0 Å². The van der Waals surface area contributed by atoms with Gasteiger partial charge in [-0.05, 0) is 19.3 Å². The lowest BCUT2D eigenvalue weighted by Gasteiger charge is -2.32. The average molecular weight is 268 g/mol. The minimum atomic E-state index is -0.185. The van der Waals surface area contributed by atoms with Crippen LogP contribution < -0.4 is 10.6 Å². The lowest BCUT2D eigenvalue weighted by Crippen LogP contribution is -2.54. The van der Waals surface area contributed by atoms with Crippen LogP contribution in [0.25, 0.3) is 0 Å². The molecule has 0 aromatic carbocycles. The Morgan fingerprint density at radius 3 is 2.74 bits per heavy atom. The molecule has 5 heteroatoms. The lowest BCUT2D eigenvalue weighted by molar-refractivity contribution is -0.132. The predicted molar refractivity (Wildman–Crippen MR) is 71.5 cm³/mol. The number of amides is 2. The summed E-state index contributed by atoms with van der Waals surface area (Å²) in [4.78, 5) is 23.7. The molecule has 2 aliphatic rings. The second-order valence-corrected chi connectivity index (χ2v) is 5.62. The summed E-state index contributed by atoms with van der Waals surface area (Å²) < 4.78 is 5.11. The van der Waals surface area contributed by atoms with Gasteiger partial charge < -0.3 is 15.4 Å². The van der Waals surface area contributed by atoms with Gasteiger partial charge >= 0.3 is 0 Å². The van der Waals surface area contributed by atoms with Crippen LogP contribution >= 0.6 is 0 Å². The maximum absolute atomic E-state index is 12.3. The van der Waals surface area contributed by atoms with Crippen LogP contribution in [-0.2, 0) is 14.3 Å². The van der Waals surface area contributed by atoms with Crippen LogP contribution in [0.2, 0.25) is 0 Å². The van der Waals surface area contributed by atoms with E-state index < -0.39 is 0 Å². The fraction of sp³-hybridized carbons (Fsp3) is 0.857. The van der Waals surface area contributed by atoms with Crippen LogP contribution in [0.3, 0.4) is 0 Å². The first-order valence-corrected chi connectivity index (χ1v) is 7.29. The van der Waals surface area contributed by atoms with E-state index in [9.17, 15) is 9.59 Å². The van der Waals surface area contributed by atoms with E-state index in [1.165, 1.54) is 19.3 Å². The number of rotatable bonds is 4. The number of hydrogen-bond acceptors (Lipinski definition) is 3. The van der Waals surface area contributed by atoms with Gasteiger partial charge in [0.05, 0.1) is 18.6 Å². The third-order valence-electron chi connectivity index (χ3n) is 4.15. The zero-order chi connectivity index (χ0) is 13.7. The van der Waals surface area contributed by atoms with Crippen LogP contribution in [0, 0.1) is 5.92 Å². The maximum Gasteiger partial charge on any atom is 0.225 e. The van der Waals surface area contributed by atoms with Crippen molar-refractivity contribution in [2.75, 3.05) is 13.7 Å². The summed E-state index contributed by atoms with van der Waals surface area (Å²) in [5.74, 6) is -0.0581. The highest BCUT2D eigenvalue weighted by atomic mass is 16.5. The molecule has 0 aromatic heterocycles. The molecule has 2 atom stereocenters. The monoisotopic (exact) mass is 268 g/mol. The molecule has 2 fully saturated rings. The van der Waals surface area contributed by atoms with E-state index in [0.717, 1.165) is 12.8 Å². The van der Waals surface area contributed by atoms with Gasteiger partial charge in [-0.1, -0.05) is 19.3 Å². The van der Waals surface area contributed by atoms with E-state index in [2.05, 4.69) is 10.6 Å². The maximum atomic E-state index is 12.3. The van der Waals surface area contributed by atoms with Crippen molar-refractivity contribution in [3.05, 3.63) is 0 Å². The van der Waals surface area contributed by atoms with Gasteiger partial charge in [0.2, 0.25) is 11.8 Å². The van der Waals surface area contributed by atoms with Gasteiger partial charge in [0.25, 0.3) is 0 Å². The van der Waals surface area contributed by atoms with Gasteiger partial charge in [-0.3, -0.25) is 9.59 Å². The minimum absolute atomic E-state index is 0.0174. The third-order valence-corrected chi connectivity index (χ3v) is 4.15. The molecule has 108 valence electrons. The zero-order valence-electron chi connectivity index (χ0n) is 11.6. The molecule has 2 N–H and O–H groups in total. The van der Waals surface area contributed by atoms with Crippen molar-refractivity contribution in [1.82, 2.24) is 10.6 Å². The summed E-state index contributed by atoms with van der Waals surface area (Å²) in [7, 11) is 1.59. The second kappa shape index (κ2) is 6.89. The molecule has 1 heterocycles. The Balaban J connectivity index is 1.89. The van der Waals surface area contributed by atoms with Crippen molar-refractivity contribution < 1.29 is 14.3 Å². The first kappa shape index (κ1) is 14.3. The SMILES string of the molecule is COC[C@H]1NC(=O)CC[C@H]1C(=O)NC1CCCCC1. The van der Waals surface area contributed by atoms with Crippen molar-refractivity contribution in [3.63, 3.8) is 0 Å². The van der Waals surface area contributed by atoms with Crippen LogP contribution in [0.4, 0.5) is 0 Å². The molecule has 0 spiro atoms. The summed E-state index contributed by atoms with van der Waals surface area (Å²) in [6.07, 6.45) is 6.90. The van der Waals surface area contributed by atoms with Crippen LogP contribution in [-0.4, -0.2) is 37.6 Å². The van der Waals surface area contributed by atoms with Crippen LogP contribution in [0.15, 0.2) is 0 Å². The Morgan fingerprint density at radius 2 is 2.05 bits per heavy atom. The molecule has 2 amide bonds. The van der Waals surface area contributed by atoms with Gasteiger partial charge in [0.15, 0.2) is 0 Å². The van der Waals surface area contributed by atoms with Crippen molar-refractivity contribution in [2.24, 2.45) is 5.92 Å². The highest BCUT2D eigenvalue weighted by Crippen LogP contribution is 2.21. The molecule has 2 rings (SSSR count). The number of methoxy groups -OCH3 is 1. The zero-order valence-corrected chi connectivity index (χ0v) is 11.6. The summed E-state index contributed by atoms with van der Waals surface area (Å²) in [6.45, 7) is 0.397. The average Bonchev–Trinajstić information content (AvgIpc) is 2.40. The second-order valence-electron chi connectivity index (χ2n) is 5.62. The Kier molecular flexibility index (Phi) is 5.19. The highest BCUT2D eigenvalue weighted by molar-refractivity contribution is 5.84. The largest absolute Gasteiger partial charge is 0.383 e. The van der Waals surface area contributed by atoms with Gasteiger partial charge in [-0.15, -0.1) is 0 Å². The van der Waals surface area contributed by atoms with Gasteiger partial charge in [-0.2, -0.15) is 0 Å². The fourth-order valence-corrected chi connectivity index (χ4v) is 3.07. The van der Waals surface area contributed by atoms with Crippen LogP contribution in [0.1, 0.15) is 44.9 Å². The van der Waals surface area contributed by atoms with E-state index in [-0.39, 0.29) is 23.8 Å². The smallest absolute Gasteiger partial charge is 0.225 e. The molecule has 1 saturated carbocycles. The first-order chi connectivity index (χ1) is 9.20. The summed E-state index contributed by atoms with van der Waals surface area (Å²) >= 11 is 0. The van der Waals surface area contributed by atoms with Crippen molar-refractivity contribution in [2.45, 2.75) is 57.0 Å².